The molecule has 4 nitrogen and oxygen atoms in total. The average Bonchev–Trinajstić information content (AvgIpc) is 2.60. The molecule has 2 aromatic carbocycles. The molecule has 0 aromatic heterocycles. The van der Waals surface area contributed by atoms with E-state index in [1.54, 1.807) is 17.9 Å². The van der Waals surface area contributed by atoms with Crippen molar-refractivity contribution < 1.29 is 14.3 Å². The van der Waals surface area contributed by atoms with Crippen molar-refractivity contribution >= 4 is 17.4 Å². The van der Waals surface area contributed by atoms with Gasteiger partial charge in [0, 0.05) is 17.8 Å². The Labute approximate surface area is 142 Å². The van der Waals surface area contributed by atoms with Crippen molar-refractivity contribution in [3.05, 3.63) is 59.2 Å². The van der Waals surface area contributed by atoms with Crippen LogP contribution in [0.3, 0.4) is 0 Å². The second-order valence-electron chi connectivity index (χ2n) is 6.15. The zero-order valence-electron chi connectivity index (χ0n) is 14.0. The van der Waals surface area contributed by atoms with Crippen molar-refractivity contribution in [3.63, 3.8) is 0 Å². The predicted octanol–water partition coefficient (Wildman–Crippen LogP) is 3.56. The van der Waals surface area contributed by atoms with Gasteiger partial charge in [-0.15, -0.1) is 0 Å². The molecular weight excluding hydrogens is 302 g/mol. The highest BCUT2D eigenvalue weighted by atomic mass is 16.5. The van der Waals surface area contributed by atoms with Crippen molar-refractivity contribution in [3.8, 4) is 5.75 Å². The summed E-state index contributed by atoms with van der Waals surface area (Å²) in [6.07, 6.45) is 1.78. The van der Waals surface area contributed by atoms with Crippen molar-refractivity contribution in [1.29, 1.82) is 0 Å². The number of ketones is 1. The molecule has 0 saturated heterocycles. The van der Waals surface area contributed by atoms with E-state index in [9.17, 15) is 9.59 Å². The molecule has 0 saturated carbocycles. The molecule has 0 bridgehead atoms. The van der Waals surface area contributed by atoms with Crippen molar-refractivity contribution in [2.24, 2.45) is 0 Å². The van der Waals surface area contributed by atoms with Gasteiger partial charge in [0.2, 0.25) is 0 Å². The van der Waals surface area contributed by atoms with Crippen LogP contribution < -0.4 is 9.64 Å². The second-order valence-corrected chi connectivity index (χ2v) is 6.15. The zero-order valence-corrected chi connectivity index (χ0v) is 14.0. The van der Waals surface area contributed by atoms with E-state index in [2.05, 4.69) is 0 Å². The highest BCUT2D eigenvalue weighted by molar-refractivity contribution is 5.98. The number of nitrogens with zero attached hydrogens (tertiary/aromatic N) is 1. The third-order valence-electron chi connectivity index (χ3n) is 4.29. The molecule has 4 heteroatoms. The van der Waals surface area contributed by atoms with Crippen LogP contribution in [0.25, 0.3) is 0 Å². The van der Waals surface area contributed by atoms with Crippen LogP contribution in [-0.2, 0) is 11.2 Å². The van der Waals surface area contributed by atoms with Gasteiger partial charge in [-0.05, 0) is 62.6 Å². The van der Waals surface area contributed by atoms with Gasteiger partial charge in [-0.3, -0.25) is 9.59 Å². The van der Waals surface area contributed by atoms with Gasteiger partial charge in [0.05, 0.1) is 0 Å². The van der Waals surface area contributed by atoms with Gasteiger partial charge in [0.1, 0.15) is 5.75 Å². The van der Waals surface area contributed by atoms with Gasteiger partial charge in [0.25, 0.3) is 5.91 Å². The fraction of sp³-hybridized carbons (Fsp3) is 0.300. The van der Waals surface area contributed by atoms with Gasteiger partial charge >= 0.3 is 0 Å². The first kappa shape index (κ1) is 16.2. The summed E-state index contributed by atoms with van der Waals surface area (Å²) in [5.41, 5.74) is 3.79. The molecule has 0 radical (unpaired) electrons. The molecule has 0 spiro atoms. The topological polar surface area (TPSA) is 46.6 Å². The normalized spacial score (nSPS) is 13.3. The molecule has 1 aliphatic heterocycles. The van der Waals surface area contributed by atoms with Gasteiger partial charge in [-0.1, -0.05) is 17.7 Å². The number of aryl methyl sites for hydroxylation is 2. The maximum atomic E-state index is 12.6. The highest BCUT2D eigenvalue weighted by Crippen LogP contribution is 2.28. The molecule has 124 valence electrons. The number of carbonyl (C=O) groups is 2. The number of Topliss-reactive ketones (excluding diaryl/α,β-unsaturated/α-hetero) is 1. The Bertz CT molecular complexity index is 765. The minimum atomic E-state index is -0.0629. The summed E-state index contributed by atoms with van der Waals surface area (Å²) >= 11 is 0. The maximum absolute atomic E-state index is 12.6. The summed E-state index contributed by atoms with van der Waals surface area (Å²) in [6, 6.07) is 13.2. The molecule has 0 unspecified atom stereocenters. The number of hydrogen-bond donors (Lipinski definition) is 0. The van der Waals surface area contributed by atoms with E-state index < -0.39 is 0 Å². The van der Waals surface area contributed by atoms with Crippen molar-refractivity contribution in [2.45, 2.75) is 26.7 Å². The smallest absolute Gasteiger partial charge is 0.264 e. The standard InChI is InChI=1S/C20H21NO3/c1-14-5-8-18(9-6-14)24-13-20(23)21-11-3-4-17-12-16(15(2)22)7-10-19(17)21/h5-10,12H,3-4,11,13H2,1-2H3. The summed E-state index contributed by atoms with van der Waals surface area (Å²) in [6.45, 7) is 4.26. The van der Waals surface area contributed by atoms with Crippen LogP contribution in [0.5, 0.6) is 5.75 Å². The number of amides is 1. The summed E-state index contributed by atoms with van der Waals surface area (Å²) in [4.78, 5) is 25.8. The Morgan fingerprint density at radius 1 is 1.12 bits per heavy atom. The molecule has 0 N–H and O–H groups in total. The van der Waals surface area contributed by atoms with Gasteiger partial charge in [0.15, 0.2) is 12.4 Å². The lowest BCUT2D eigenvalue weighted by molar-refractivity contribution is -0.120. The van der Waals surface area contributed by atoms with Crippen molar-refractivity contribution in [2.75, 3.05) is 18.1 Å². The van der Waals surface area contributed by atoms with Crippen LogP contribution in [-0.4, -0.2) is 24.8 Å². The van der Waals surface area contributed by atoms with Gasteiger partial charge in [-0.25, -0.2) is 0 Å². The van der Waals surface area contributed by atoms with Gasteiger partial charge in [-0.2, -0.15) is 0 Å². The minimum absolute atomic E-state index is 0.0109. The van der Waals surface area contributed by atoms with E-state index >= 15 is 0 Å². The number of fused-ring (bicyclic) bond motifs is 1. The van der Waals surface area contributed by atoms with E-state index in [-0.39, 0.29) is 18.3 Å². The first-order chi connectivity index (χ1) is 11.5. The van der Waals surface area contributed by atoms with Gasteiger partial charge < -0.3 is 9.64 Å². The van der Waals surface area contributed by atoms with Crippen molar-refractivity contribution in [1.82, 2.24) is 0 Å². The maximum Gasteiger partial charge on any atom is 0.264 e. The average molecular weight is 323 g/mol. The highest BCUT2D eigenvalue weighted by Gasteiger charge is 2.23. The van der Waals surface area contributed by atoms with Crippen LogP contribution in [0.2, 0.25) is 0 Å². The minimum Gasteiger partial charge on any atom is -0.484 e. The quantitative estimate of drug-likeness (QED) is 0.808. The first-order valence-electron chi connectivity index (χ1n) is 8.18. The Kier molecular flexibility index (Phi) is 4.65. The van der Waals surface area contributed by atoms with Crippen LogP contribution >= 0.6 is 0 Å². The molecule has 1 heterocycles. The third-order valence-corrected chi connectivity index (χ3v) is 4.29. The molecule has 3 rings (SSSR count). The van der Waals surface area contributed by atoms with Crippen LogP contribution in [0, 0.1) is 6.92 Å². The van der Waals surface area contributed by atoms with E-state index in [0.717, 1.165) is 29.7 Å². The third kappa shape index (κ3) is 3.48. The molecule has 0 atom stereocenters. The molecule has 0 fully saturated rings. The zero-order chi connectivity index (χ0) is 17.1. The van der Waals surface area contributed by atoms with E-state index in [4.69, 9.17) is 4.74 Å². The molecule has 24 heavy (non-hydrogen) atoms. The lowest BCUT2D eigenvalue weighted by Crippen LogP contribution is -2.38. The molecular formula is C20H21NO3. The molecule has 1 aliphatic rings. The summed E-state index contributed by atoms with van der Waals surface area (Å²) < 4.78 is 5.61. The lowest BCUT2D eigenvalue weighted by atomic mass is 9.98. The number of carbonyl (C=O) groups excluding carboxylic acids is 2. The SMILES string of the molecule is CC(=O)c1ccc2c(c1)CCCN2C(=O)COc1ccc(C)cc1. The van der Waals surface area contributed by atoms with E-state index in [0.29, 0.717) is 17.9 Å². The molecule has 0 aliphatic carbocycles. The van der Waals surface area contributed by atoms with Crippen LogP contribution in [0.1, 0.15) is 34.8 Å². The first-order valence-corrected chi connectivity index (χ1v) is 8.18. The fourth-order valence-corrected chi connectivity index (χ4v) is 2.93. The van der Waals surface area contributed by atoms with E-state index in [1.165, 1.54) is 0 Å². The van der Waals surface area contributed by atoms with Crippen LogP contribution in [0.15, 0.2) is 42.5 Å². The number of anilines is 1. The summed E-state index contributed by atoms with van der Waals surface area (Å²) in [5.74, 6) is 0.675. The molecule has 1 amide bonds. The summed E-state index contributed by atoms with van der Waals surface area (Å²) in [5, 5.41) is 0. The summed E-state index contributed by atoms with van der Waals surface area (Å²) in [7, 11) is 0. The second kappa shape index (κ2) is 6.87. The predicted molar refractivity (Wildman–Crippen MR) is 93.8 cm³/mol. The Morgan fingerprint density at radius 2 is 1.88 bits per heavy atom. The number of rotatable bonds is 4. The number of benzene rings is 2. The monoisotopic (exact) mass is 323 g/mol. The Hall–Kier alpha value is -2.62. The number of ether oxygens (including phenoxy) is 1. The molecule has 2 aromatic rings. The van der Waals surface area contributed by atoms with E-state index in [1.807, 2.05) is 43.3 Å². The van der Waals surface area contributed by atoms with Crippen LogP contribution in [0.4, 0.5) is 5.69 Å². The Morgan fingerprint density at radius 3 is 2.58 bits per heavy atom. The number of hydrogen-bond acceptors (Lipinski definition) is 3. The lowest BCUT2D eigenvalue weighted by Gasteiger charge is -2.29. The largest absolute Gasteiger partial charge is 0.484 e. The fourth-order valence-electron chi connectivity index (χ4n) is 2.93. The Balaban J connectivity index is 1.72.